The molecule has 0 saturated carbocycles. The van der Waals surface area contributed by atoms with E-state index in [1.165, 1.54) is 0 Å². The van der Waals surface area contributed by atoms with Crippen LogP contribution in [-0.2, 0) is 19.4 Å². The standard InChI is InChI=1S/C18H16N6O2S/c25-13-6-7-14(12-4-1-3-11(12)13)26-15-9-19-24(10-17-20-22-23-21-17)18(15)16-5-2-8-27-16/h2,5-9,25H,1,3-4,10H2,(H,20,21,22,23). The van der Waals surface area contributed by atoms with Crippen LogP contribution in [0, 0.1) is 0 Å². The van der Waals surface area contributed by atoms with Crippen LogP contribution in [0.4, 0.5) is 0 Å². The third-order valence-electron chi connectivity index (χ3n) is 4.68. The molecule has 0 fully saturated rings. The van der Waals surface area contributed by atoms with Crippen molar-refractivity contribution in [1.82, 2.24) is 30.4 Å². The van der Waals surface area contributed by atoms with Crippen LogP contribution in [0.1, 0.15) is 23.4 Å². The Balaban J connectivity index is 1.55. The number of aromatic amines is 1. The molecule has 3 heterocycles. The second kappa shape index (κ2) is 6.51. The van der Waals surface area contributed by atoms with E-state index in [2.05, 4.69) is 25.7 Å². The van der Waals surface area contributed by atoms with Crippen molar-refractivity contribution in [3.05, 3.63) is 52.8 Å². The largest absolute Gasteiger partial charge is 0.508 e. The summed E-state index contributed by atoms with van der Waals surface area (Å²) in [5.74, 6) is 2.34. The molecule has 0 atom stereocenters. The molecule has 8 nitrogen and oxygen atoms in total. The Morgan fingerprint density at radius 3 is 2.93 bits per heavy atom. The fraction of sp³-hybridized carbons (Fsp3) is 0.222. The molecule has 1 aliphatic carbocycles. The molecule has 2 N–H and O–H groups in total. The van der Waals surface area contributed by atoms with Gasteiger partial charge in [0.1, 0.15) is 23.7 Å². The van der Waals surface area contributed by atoms with Gasteiger partial charge < -0.3 is 9.84 Å². The summed E-state index contributed by atoms with van der Waals surface area (Å²) in [6.45, 7) is 0.390. The molecule has 0 bridgehead atoms. The predicted octanol–water partition coefficient (Wildman–Crippen LogP) is 3.16. The third kappa shape index (κ3) is 2.85. The lowest BCUT2D eigenvalue weighted by atomic mass is 10.1. The van der Waals surface area contributed by atoms with Crippen LogP contribution >= 0.6 is 11.3 Å². The molecule has 0 amide bonds. The number of phenols is 1. The van der Waals surface area contributed by atoms with Gasteiger partial charge in [-0.15, -0.1) is 21.5 Å². The van der Waals surface area contributed by atoms with Gasteiger partial charge in [-0.3, -0.25) is 4.68 Å². The first-order chi connectivity index (χ1) is 13.3. The number of aromatic nitrogens is 6. The fourth-order valence-corrected chi connectivity index (χ4v) is 4.25. The number of H-pyrrole nitrogens is 1. The molecule has 5 rings (SSSR count). The van der Waals surface area contributed by atoms with Crippen LogP contribution in [0.2, 0.25) is 0 Å². The van der Waals surface area contributed by atoms with E-state index < -0.39 is 0 Å². The normalized spacial score (nSPS) is 13.0. The molecule has 0 spiro atoms. The first-order valence-electron chi connectivity index (χ1n) is 8.63. The van der Waals surface area contributed by atoms with E-state index in [0.717, 1.165) is 46.7 Å². The number of ether oxygens (including phenoxy) is 1. The van der Waals surface area contributed by atoms with Gasteiger partial charge in [-0.25, -0.2) is 0 Å². The molecule has 4 aromatic rings. The van der Waals surface area contributed by atoms with E-state index >= 15 is 0 Å². The van der Waals surface area contributed by atoms with E-state index in [-0.39, 0.29) is 0 Å². The predicted molar refractivity (Wildman–Crippen MR) is 99.0 cm³/mol. The topological polar surface area (TPSA) is 102 Å². The molecule has 0 radical (unpaired) electrons. The zero-order valence-corrected chi connectivity index (χ0v) is 15.1. The highest BCUT2D eigenvalue weighted by Crippen LogP contribution is 2.41. The maximum Gasteiger partial charge on any atom is 0.195 e. The number of aromatic hydroxyl groups is 1. The first kappa shape index (κ1) is 16.0. The van der Waals surface area contributed by atoms with Gasteiger partial charge >= 0.3 is 0 Å². The van der Waals surface area contributed by atoms with Gasteiger partial charge in [0.25, 0.3) is 0 Å². The number of benzene rings is 1. The number of nitrogens with one attached hydrogen (secondary N) is 1. The average molecular weight is 380 g/mol. The van der Waals surface area contributed by atoms with E-state index in [1.807, 2.05) is 28.3 Å². The maximum absolute atomic E-state index is 10.1. The highest BCUT2D eigenvalue weighted by atomic mass is 32.1. The van der Waals surface area contributed by atoms with Crippen LogP contribution in [0.15, 0.2) is 35.8 Å². The average Bonchev–Trinajstić information content (AvgIpc) is 3.45. The minimum atomic E-state index is 0.348. The van der Waals surface area contributed by atoms with Crippen molar-refractivity contribution in [2.75, 3.05) is 0 Å². The Hall–Kier alpha value is -3.20. The third-order valence-corrected chi connectivity index (χ3v) is 5.55. The minimum absolute atomic E-state index is 0.348. The number of tetrazole rings is 1. The highest BCUT2D eigenvalue weighted by molar-refractivity contribution is 7.13. The molecule has 9 heteroatoms. The van der Waals surface area contributed by atoms with Crippen molar-refractivity contribution in [2.24, 2.45) is 0 Å². The monoisotopic (exact) mass is 380 g/mol. The minimum Gasteiger partial charge on any atom is -0.508 e. The van der Waals surface area contributed by atoms with Crippen LogP contribution in [0.25, 0.3) is 10.6 Å². The van der Waals surface area contributed by atoms with Gasteiger partial charge in [0, 0.05) is 11.1 Å². The Kier molecular flexibility index (Phi) is 3.86. The second-order valence-corrected chi connectivity index (χ2v) is 7.26. The summed E-state index contributed by atoms with van der Waals surface area (Å²) >= 11 is 1.61. The summed E-state index contributed by atoms with van der Waals surface area (Å²) in [6.07, 6.45) is 4.53. The SMILES string of the molecule is Oc1ccc(Oc2cnn(Cc3nn[nH]n3)c2-c2cccs2)c2c1CCC2. The number of rotatable bonds is 5. The lowest BCUT2D eigenvalue weighted by Gasteiger charge is -2.12. The van der Waals surface area contributed by atoms with Crippen molar-refractivity contribution in [2.45, 2.75) is 25.8 Å². The summed E-state index contributed by atoms with van der Waals surface area (Å²) in [5.41, 5.74) is 2.94. The number of phenolic OH excluding ortho intramolecular Hbond substituents is 1. The van der Waals surface area contributed by atoms with Crippen molar-refractivity contribution in [3.8, 4) is 27.8 Å². The Labute approximate surface area is 158 Å². The van der Waals surface area contributed by atoms with Crippen LogP contribution in [0.5, 0.6) is 17.2 Å². The molecule has 1 aliphatic rings. The number of thiophene rings is 1. The van der Waals surface area contributed by atoms with Gasteiger partial charge in [0.15, 0.2) is 11.6 Å². The smallest absolute Gasteiger partial charge is 0.195 e. The maximum atomic E-state index is 10.1. The molecule has 136 valence electrons. The van der Waals surface area contributed by atoms with Gasteiger partial charge in [0.2, 0.25) is 0 Å². The lowest BCUT2D eigenvalue weighted by molar-refractivity contribution is 0.458. The quantitative estimate of drug-likeness (QED) is 0.551. The molecule has 1 aromatic carbocycles. The Morgan fingerprint density at radius 2 is 2.11 bits per heavy atom. The van der Waals surface area contributed by atoms with Gasteiger partial charge in [-0.1, -0.05) is 11.3 Å². The second-order valence-electron chi connectivity index (χ2n) is 6.32. The molecule has 27 heavy (non-hydrogen) atoms. The fourth-order valence-electron chi connectivity index (χ4n) is 3.48. The van der Waals surface area contributed by atoms with Crippen molar-refractivity contribution >= 4 is 11.3 Å². The molecule has 0 aliphatic heterocycles. The molecular weight excluding hydrogens is 364 g/mol. The van der Waals surface area contributed by atoms with Crippen molar-refractivity contribution in [3.63, 3.8) is 0 Å². The van der Waals surface area contributed by atoms with E-state index in [0.29, 0.717) is 23.9 Å². The molecular formula is C18H16N6O2S. The number of fused-ring (bicyclic) bond motifs is 1. The van der Waals surface area contributed by atoms with E-state index in [4.69, 9.17) is 4.74 Å². The van der Waals surface area contributed by atoms with E-state index in [9.17, 15) is 5.11 Å². The Morgan fingerprint density at radius 1 is 1.19 bits per heavy atom. The molecule has 3 aromatic heterocycles. The van der Waals surface area contributed by atoms with Crippen LogP contribution in [0.3, 0.4) is 0 Å². The van der Waals surface area contributed by atoms with Gasteiger partial charge in [-0.05, 0) is 42.8 Å². The number of hydrogen-bond donors (Lipinski definition) is 2. The molecule has 0 unspecified atom stereocenters. The summed E-state index contributed by atoms with van der Waals surface area (Å²) in [5, 5.41) is 30.7. The van der Waals surface area contributed by atoms with Gasteiger partial charge in [-0.2, -0.15) is 10.3 Å². The zero-order chi connectivity index (χ0) is 18.2. The van der Waals surface area contributed by atoms with E-state index in [1.54, 1.807) is 23.6 Å². The number of hydrogen-bond acceptors (Lipinski definition) is 7. The van der Waals surface area contributed by atoms with Gasteiger partial charge in [0.05, 0.1) is 11.1 Å². The summed E-state index contributed by atoms with van der Waals surface area (Å²) in [4.78, 5) is 1.04. The number of nitrogens with zero attached hydrogens (tertiary/aromatic N) is 5. The molecule has 0 saturated heterocycles. The first-order valence-corrected chi connectivity index (χ1v) is 9.51. The zero-order valence-electron chi connectivity index (χ0n) is 14.3. The summed E-state index contributed by atoms with van der Waals surface area (Å²) in [6, 6.07) is 7.55. The van der Waals surface area contributed by atoms with Crippen LogP contribution in [-0.4, -0.2) is 35.5 Å². The van der Waals surface area contributed by atoms with Crippen molar-refractivity contribution in [1.29, 1.82) is 0 Å². The van der Waals surface area contributed by atoms with Crippen molar-refractivity contribution < 1.29 is 9.84 Å². The highest BCUT2D eigenvalue weighted by Gasteiger charge is 2.22. The summed E-state index contributed by atoms with van der Waals surface area (Å²) < 4.78 is 8.09. The van der Waals surface area contributed by atoms with Crippen LogP contribution < -0.4 is 4.74 Å². The Bertz CT molecular complexity index is 1070. The lowest BCUT2D eigenvalue weighted by Crippen LogP contribution is -2.05. The summed E-state index contributed by atoms with van der Waals surface area (Å²) in [7, 11) is 0.